The van der Waals surface area contributed by atoms with Crippen molar-refractivity contribution in [2.45, 2.75) is 70.4 Å². The molecule has 2 atom stereocenters. The van der Waals surface area contributed by atoms with Gasteiger partial charge in [-0.2, -0.15) is 0 Å². The summed E-state index contributed by atoms with van der Waals surface area (Å²) in [7, 11) is -0.752. The fourth-order valence-corrected chi connectivity index (χ4v) is 4.34. The summed E-state index contributed by atoms with van der Waals surface area (Å²) >= 11 is 0. The van der Waals surface area contributed by atoms with E-state index in [9.17, 15) is 14.4 Å². The topological polar surface area (TPSA) is 103 Å². The predicted octanol–water partition coefficient (Wildman–Crippen LogP) is 4.59. The first-order chi connectivity index (χ1) is 17.4. The van der Waals surface area contributed by atoms with Crippen LogP contribution in [0.1, 0.15) is 38.3 Å². The van der Waals surface area contributed by atoms with E-state index in [-0.39, 0.29) is 24.5 Å². The third kappa shape index (κ3) is 10.0. The Kier molecular flexibility index (Phi) is 11.3. The first-order valence-corrected chi connectivity index (χ1v) is 15.4. The number of hydrogen-bond donors (Lipinski definition) is 2. The van der Waals surface area contributed by atoms with Crippen molar-refractivity contribution >= 4 is 26.3 Å². The lowest BCUT2D eigenvalue weighted by Crippen LogP contribution is -2.53. The van der Waals surface area contributed by atoms with Crippen LogP contribution in [0.4, 0.5) is 4.79 Å². The zero-order valence-electron chi connectivity index (χ0n) is 22.7. The predicted molar refractivity (Wildman–Crippen MR) is 145 cm³/mol. The molecule has 0 spiro atoms. The van der Waals surface area contributed by atoms with E-state index < -0.39 is 38.4 Å². The SMILES string of the molecule is COC(=O)[C@@H](CCO[Si](C)(C)C(C)(C)C)NC(=O)[C@@H](Cc1ccccc1)NC(=O)OCc1ccccc1. The van der Waals surface area contributed by atoms with Crippen molar-refractivity contribution in [3.05, 3.63) is 71.8 Å². The number of rotatable bonds is 12. The van der Waals surface area contributed by atoms with E-state index in [1.807, 2.05) is 60.7 Å². The van der Waals surface area contributed by atoms with Gasteiger partial charge in [-0.05, 0) is 29.3 Å². The van der Waals surface area contributed by atoms with Crippen molar-refractivity contribution in [2.75, 3.05) is 13.7 Å². The summed E-state index contributed by atoms with van der Waals surface area (Å²) < 4.78 is 16.4. The lowest BCUT2D eigenvalue weighted by molar-refractivity contribution is -0.145. The van der Waals surface area contributed by atoms with Crippen LogP contribution in [0.25, 0.3) is 0 Å². The number of hydrogen-bond acceptors (Lipinski definition) is 6. The van der Waals surface area contributed by atoms with Crippen LogP contribution in [0.2, 0.25) is 18.1 Å². The number of nitrogens with one attached hydrogen (secondary N) is 2. The fraction of sp³-hybridized carbons (Fsp3) is 0.464. The van der Waals surface area contributed by atoms with E-state index in [0.29, 0.717) is 6.61 Å². The van der Waals surface area contributed by atoms with Gasteiger partial charge in [0.15, 0.2) is 8.32 Å². The van der Waals surface area contributed by atoms with Crippen LogP contribution in [0.3, 0.4) is 0 Å². The fourth-order valence-electron chi connectivity index (χ4n) is 3.28. The lowest BCUT2D eigenvalue weighted by atomic mass is 10.0. The first-order valence-electron chi connectivity index (χ1n) is 12.5. The lowest BCUT2D eigenvalue weighted by Gasteiger charge is -2.36. The highest BCUT2D eigenvalue weighted by Crippen LogP contribution is 2.36. The molecule has 0 heterocycles. The molecule has 2 amide bonds. The molecule has 0 unspecified atom stereocenters. The maximum absolute atomic E-state index is 13.3. The molecule has 0 aliphatic heterocycles. The summed E-state index contributed by atoms with van der Waals surface area (Å²) in [6.07, 6.45) is -0.251. The maximum Gasteiger partial charge on any atom is 0.408 e. The van der Waals surface area contributed by atoms with Crippen LogP contribution >= 0.6 is 0 Å². The quantitative estimate of drug-likeness (QED) is 0.308. The van der Waals surface area contributed by atoms with Gasteiger partial charge in [0.05, 0.1) is 7.11 Å². The minimum Gasteiger partial charge on any atom is -0.467 e. The molecule has 9 heteroatoms. The number of esters is 1. The summed E-state index contributed by atoms with van der Waals surface area (Å²) in [5.74, 6) is -1.08. The van der Waals surface area contributed by atoms with E-state index >= 15 is 0 Å². The summed E-state index contributed by atoms with van der Waals surface area (Å²) in [6.45, 7) is 11.0. The highest BCUT2D eigenvalue weighted by molar-refractivity contribution is 6.74. The molecule has 37 heavy (non-hydrogen) atoms. The first kappa shape index (κ1) is 30.1. The standard InChI is InChI=1S/C28H40N2O6Si/c1-28(2,3)37(5,6)36-18-17-23(26(32)34-4)29-25(31)24(19-21-13-9-7-10-14-21)30-27(33)35-20-22-15-11-8-12-16-22/h7-16,23-24H,17-20H2,1-6H3,(H,29,31)(H,30,33)/t23-,24-/m1/s1. The number of amides is 2. The zero-order valence-corrected chi connectivity index (χ0v) is 23.7. The smallest absolute Gasteiger partial charge is 0.408 e. The second-order valence-corrected chi connectivity index (χ2v) is 15.2. The molecule has 8 nitrogen and oxygen atoms in total. The van der Waals surface area contributed by atoms with Crippen LogP contribution < -0.4 is 10.6 Å². The van der Waals surface area contributed by atoms with E-state index in [4.69, 9.17) is 13.9 Å². The molecule has 0 fully saturated rings. The van der Waals surface area contributed by atoms with Crippen molar-refractivity contribution in [2.24, 2.45) is 0 Å². The molecule has 0 radical (unpaired) electrons. The highest BCUT2D eigenvalue weighted by atomic mass is 28.4. The Labute approximate surface area is 221 Å². The molecule has 2 rings (SSSR count). The molecule has 0 saturated heterocycles. The van der Waals surface area contributed by atoms with E-state index in [1.54, 1.807) is 0 Å². The van der Waals surface area contributed by atoms with Crippen LogP contribution in [-0.2, 0) is 36.5 Å². The summed E-state index contributed by atoms with van der Waals surface area (Å²) in [6, 6.07) is 16.7. The second-order valence-electron chi connectivity index (χ2n) is 10.4. The monoisotopic (exact) mass is 528 g/mol. The van der Waals surface area contributed by atoms with Gasteiger partial charge in [-0.15, -0.1) is 0 Å². The van der Waals surface area contributed by atoms with Crippen molar-refractivity contribution in [1.82, 2.24) is 10.6 Å². The molecule has 2 aromatic rings. The Morgan fingerprint density at radius 1 is 0.865 bits per heavy atom. The summed E-state index contributed by atoms with van der Waals surface area (Å²) in [5, 5.41) is 5.41. The van der Waals surface area contributed by atoms with E-state index in [2.05, 4.69) is 44.5 Å². The van der Waals surface area contributed by atoms with Crippen molar-refractivity contribution < 1.29 is 28.3 Å². The number of methoxy groups -OCH3 is 1. The van der Waals surface area contributed by atoms with Gasteiger partial charge in [-0.25, -0.2) is 9.59 Å². The summed E-state index contributed by atoms with van der Waals surface area (Å²) in [4.78, 5) is 38.3. The average molecular weight is 529 g/mol. The third-order valence-corrected chi connectivity index (χ3v) is 11.1. The van der Waals surface area contributed by atoms with Crippen molar-refractivity contribution in [3.8, 4) is 0 Å². The molecular weight excluding hydrogens is 488 g/mol. The van der Waals surface area contributed by atoms with Gasteiger partial charge in [-0.3, -0.25) is 4.79 Å². The molecule has 0 aliphatic carbocycles. The van der Waals surface area contributed by atoms with Gasteiger partial charge < -0.3 is 24.5 Å². The number of carbonyl (C=O) groups excluding carboxylic acids is 3. The maximum atomic E-state index is 13.3. The number of alkyl carbamates (subject to hydrolysis) is 1. The average Bonchev–Trinajstić information content (AvgIpc) is 2.86. The Morgan fingerprint density at radius 2 is 1.43 bits per heavy atom. The Bertz CT molecular complexity index is 1010. The van der Waals surface area contributed by atoms with Crippen molar-refractivity contribution in [1.29, 1.82) is 0 Å². The second kappa shape index (κ2) is 13.9. The molecule has 0 bridgehead atoms. The Morgan fingerprint density at radius 3 is 1.97 bits per heavy atom. The Hall–Kier alpha value is -3.17. The largest absolute Gasteiger partial charge is 0.467 e. The number of carbonyl (C=O) groups is 3. The minimum absolute atomic E-state index is 0.0157. The van der Waals surface area contributed by atoms with Crippen LogP contribution in [0.15, 0.2) is 60.7 Å². The van der Waals surface area contributed by atoms with Gasteiger partial charge in [0, 0.05) is 19.4 Å². The number of ether oxygens (including phenoxy) is 2. The van der Waals surface area contributed by atoms with Crippen LogP contribution in [0, 0.1) is 0 Å². The van der Waals surface area contributed by atoms with Crippen molar-refractivity contribution in [3.63, 3.8) is 0 Å². The van der Waals surface area contributed by atoms with Gasteiger partial charge in [-0.1, -0.05) is 81.4 Å². The molecule has 202 valence electrons. The van der Waals surface area contributed by atoms with Gasteiger partial charge in [0.2, 0.25) is 5.91 Å². The number of benzene rings is 2. The molecule has 2 N–H and O–H groups in total. The molecule has 0 saturated carbocycles. The highest BCUT2D eigenvalue weighted by Gasteiger charge is 2.37. The third-order valence-electron chi connectivity index (χ3n) is 6.58. The van der Waals surface area contributed by atoms with E-state index in [1.165, 1.54) is 7.11 Å². The molecule has 0 aromatic heterocycles. The minimum atomic E-state index is -2.03. The Balaban J connectivity index is 2.08. The molecular formula is C28H40N2O6Si. The molecule has 0 aliphatic rings. The normalized spacial score (nSPS) is 13.2. The summed E-state index contributed by atoms with van der Waals surface area (Å²) in [5.41, 5.74) is 1.68. The van der Waals surface area contributed by atoms with Gasteiger partial charge in [0.1, 0.15) is 18.7 Å². The zero-order chi connectivity index (χ0) is 27.5. The van der Waals surface area contributed by atoms with Gasteiger partial charge >= 0.3 is 12.1 Å². The van der Waals surface area contributed by atoms with E-state index in [0.717, 1.165) is 11.1 Å². The van der Waals surface area contributed by atoms with Crippen LogP contribution in [-0.4, -0.2) is 52.1 Å². The van der Waals surface area contributed by atoms with Gasteiger partial charge in [0.25, 0.3) is 0 Å². The van der Waals surface area contributed by atoms with Crippen LogP contribution in [0.5, 0.6) is 0 Å². The molecule has 2 aromatic carbocycles.